The fraction of sp³-hybridized carbons (Fsp3) is 0.133. The molecule has 1 N–H and O–H groups in total. The predicted molar refractivity (Wildman–Crippen MR) is 84.0 cm³/mol. The van der Waals surface area contributed by atoms with Crippen LogP contribution in [-0.4, -0.2) is 20.1 Å². The number of anilines is 1. The van der Waals surface area contributed by atoms with Gasteiger partial charge in [-0.25, -0.2) is 0 Å². The van der Waals surface area contributed by atoms with Gasteiger partial charge in [0.1, 0.15) is 11.5 Å². The second-order valence-corrected chi connectivity index (χ2v) is 4.99. The number of carbonyl (C=O) groups excluding carboxylic acids is 1. The van der Waals surface area contributed by atoms with E-state index < -0.39 is 0 Å². The summed E-state index contributed by atoms with van der Waals surface area (Å²) in [6.07, 6.45) is 0. The lowest BCUT2D eigenvalue weighted by Gasteiger charge is -2.11. The molecule has 0 bridgehead atoms. The van der Waals surface area contributed by atoms with E-state index in [0.29, 0.717) is 32.8 Å². The molecule has 0 saturated heterocycles. The van der Waals surface area contributed by atoms with Crippen molar-refractivity contribution in [2.75, 3.05) is 19.5 Å². The van der Waals surface area contributed by atoms with Gasteiger partial charge >= 0.3 is 0 Å². The second-order valence-electron chi connectivity index (χ2n) is 4.15. The summed E-state index contributed by atoms with van der Waals surface area (Å²) in [4.78, 5) is 12.2. The van der Waals surface area contributed by atoms with Gasteiger partial charge < -0.3 is 14.8 Å². The van der Waals surface area contributed by atoms with Crippen molar-refractivity contribution in [3.05, 3.63) is 52.0 Å². The molecule has 0 aliphatic carbocycles. The highest BCUT2D eigenvalue weighted by Gasteiger charge is 2.12. The van der Waals surface area contributed by atoms with E-state index in [9.17, 15) is 4.79 Å². The summed E-state index contributed by atoms with van der Waals surface area (Å²) in [5, 5.41) is 3.60. The quantitative estimate of drug-likeness (QED) is 0.913. The number of carbonyl (C=O) groups is 1. The van der Waals surface area contributed by atoms with E-state index in [0.717, 1.165) is 0 Å². The van der Waals surface area contributed by atoms with Crippen LogP contribution in [0.4, 0.5) is 5.69 Å². The van der Waals surface area contributed by atoms with Gasteiger partial charge in [0.25, 0.3) is 5.91 Å². The summed E-state index contributed by atoms with van der Waals surface area (Å²) >= 11 is 11.9. The molecule has 2 aromatic carbocycles. The lowest BCUT2D eigenvalue weighted by molar-refractivity contribution is 0.102. The minimum atomic E-state index is -0.319. The maximum Gasteiger partial charge on any atom is 0.255 e. The van der Waals surface area contributed by atoms with E-state index in [1.807, 2.05) is 0 Å². The third kappa shape index (κ3) is 3.60. The Morgan fingerprint density at radius 3 is 2.29 bits per heavy atom. The number of hydrogen-bond donors (Lipinski definition) is 1. The summed E-state index contributed by atoms with van der Waals surface area (Å²) in [7, 11) is 3.03. The van der Waals surface area contributed by atoms with Crippen LogP contribution in [0.25, 0.3) is 0 Å². The highest BCUT2D eigenvalue weighted by atomic mass is 35.5. The van der Waals surface area contributed by atoms with Crippen LogP contribution >= 0.6 is 23.2 Å². The normalized spacial score (nSPS) is 10.1. The van der Waals surface area contributed by atoms with Crippen molar-refractivity contribution in [2.24, 2.45) is 0 Å². The standard InChI is InChI=1S/C15H13Cl2NO3/c1-20-13-5-3-9(7-11(13)17)15(19)18-12-8-10(16)4-6-14(12)21-2/h3-8H,1-2H3,(H,18,19). The molecule has 4 nitrogen and oxygen atoms in total. The van der Waals surface area contributed by atoms with Crippen molar-refractivity contribution >= 4 is 34.8 Å². The lowest BCUT2D eigenvalue weighted by atomic mass is 10.2. The Kier molecular flexibility index (Phi) is 4.94. The van der Waals surface area contributed by atoms with Crippen molar-refractivity contribution in [1.82, 2.24) is 0 Å². The monoisotopic (exact) mass is 325 g/mol. The molecule has 0 aliphatic heterocycles. The van der Waals surface area contributed by atoms with Gasteiger partial charge in [0.2, 0.25) is 0 Å². The fourth-order valence-corrected chi connectivity index (χ4v) is 2.21. The Hall–Kier alpha value is -1.91. The van der Waals surface area contributed by atoms with Crippen molar-refractivity contribution in [3.63, 3.8) is 0 Å². The molecule has 0 spiro atoms. The molecule has 2 aromatic rings. The van der Waals surface area contributed by atoms with Crippen LogP contribution in [-0.2, 0) is 0 Å². The first-order valence-corrected chi connectivity index (χ1v) is 6.79. The zero-order valence-corrected chi connectivity index (χ0v) is 13.0. The van der Waals surface area contributed by atoms with Gasteiger partial charge in [0.05, 0.1) is 24.9 Å². The topological polar surface area (TPSA) is 47.6 Å². The average molecular weight is 326 g/mol. The lowest BCUT2D eigenvalue weighted by Crippen LogP contribution is -2.12. The van der Waals surface area contributed by atoms with Crippen LogP contribution in [0.3, 0.4) is 0 Å². The SMILES string of the molecule is COc1ccc(C(=O)Nc2cc(Cl)ccc2OC)cc1Cl. The fourth-order valence-electron chi connectivity index (χ4n) is 1.78. The first-order chi connectivity index (χ1) is 10.0. The van der Waals surface area contributed by atoms with E-state index in [4.69, 9.17) is 32.7 Å². The van der Waals surface area contributed by atoms with Gasteiger partial charge in [0.15, 0.2) is 0 Å². The molecule has 0 unspecified atom stereocenters. The van der Waals surface area contributed by atoms with Gasteiger partial charge in [0, 0.05) is 10.6 Å². The number of amides is 1. The Labute approximate surface area is 132 Å². The van der Waals surface area contributed by atoms with Gasteiger partial charge in [-0.3, -0.25) is 4.79 Å². The highest BCUT2D eigenvalue weighted by molar-refractivity contribution is 6.32. The van der Waals surface area contributed by atoms with E-state index in [1.54, 1.807) is 30.3 Å². The molecule has 0 heterocycles. The summed E-state index contributed by atoms with van der Waals surface area (Å²) in [5.41, 5.74) is 0.893. The van der Waals surface area contributed by atoms with Gasteiger partial charge in [-0.15, -0.1) is 0 Å². The average Bonchev–Trinajstić information content (AvgIpc) is 2.47. The number of rotatable bonds is 4. The highest BCUT2D eigenvalue weighted by Crippen LogP contribution is 2.29. The predicted octanol–water partition coefficient (Wildman–Crippen LogP) is 4.26. The molecule has 0 aliphatic rings. The first kappa shape index (κ1) is 15.5. The van der Waals surface area contributed by atoms with E-state index in [1.165, 1.54) is 20.3 Å². The largest absolute Gasteiger partial charge is 0.495 e. The summed E-state index contributed by atoms with van der Waals surface area (Å²) in [6.45, 7) is 0. The third-order valence-corrected chi connectivity index (χ3v) is 3.35. The number of benzene rings is 2. The van der Waals surface area contributed by atoms with Crippen molar-refractivity contribution in [3.8, 4) is 11.5 Å². The van der Waals surface area contributed by atoms with Crippen LogP contribution in [0.1, 0.15) is 10.4 Å². The van der Waals surface area contributed by atoms with Gasteiger partial charge in [-0.1, -0.05) is 23.2 Å². The Bertz CT molecular complexity index is 674. The summed E-state index contributed by atoms with van der Waals surface area (Å²) < 4.78 is 10.2. The van der Waals surface area contributed by atoms with Crippen molar-refractivity contribution in [1.29, 1.82) is 0 Å². The molecule has 0 atom stereocenters. The number of ether oxygens (including phenoxy) is 2. The molecule has 0 fully saturated rings. The minimum absolute atomic E-state index is 0.319. The molecule has 0 saturated carbocycles. The molecule has 2 rings (SSSR count). The van der Waals surface area contributed by atoms with Crippen LogP contribution in [0.2, 0.25) is 10.0 Å². The smallest absolute Gasteiger partial charge is 0.255 e. The van der Waals surface area contributed by atoms with Crippen LogP contribution < -0.4 is 14.8 Å². The Morgan fingerprint density at radius 1 is 1.00 bits per heavy atom. The van der Waals surface area contributed by atoms with Gasteiger partial charge in [-0.2, -0.15) is 0 Å². The molecule has 110 valence electrons. The maximum atomic E-state index is 12.2. The number of methoxy groups -OCH3 is 2. The molecule has 0 radical (unpaired) electrons. The molecular weight excluding hydrogens is 313 g/mol. The van der Waals surface area contributed by atoms with Crippen LogP contribution in [0.15, 0.2) is 36.4 Å². The molecule has 1 amide bonds. The summed E-state index contributed by atoms with van der Waals surface area (Å²) in [6, 6.07) is 9.76. The van der Waals surface area contributed by atoms with E-state index in [-0.39, 0.29) is 5.91 Å². The van der Waals surface area contributed by atoms with E-state index >= 15 is 0 Å². The summed E-state index contributed by atoms with van der Waals surface area (Å²) in [5.74, 6) is 0.709. The third-order valence-electron chi connectivity index (χ3n) is 2.82. The maximum absolute atomic E-state index is 12.2. The second kappa shape index (κ2) is 6.70. The van der Waals surface area contributed by atoms with Crippen LogP contribution in [0, 0.1) is 0 Å². The molecule has 6 heteroatoms. The zero-order chi connectivity index (χ0) is 15.4. The Morgan fingerprint density at radius 2 is 1.67 bits per heavy atom. The van der Waals surface area contributed by atoms with Crippen LogP contribution in [0.5, 0.6) is 11.5 Å². The Balaban J connectivity index is 2.26. The molecular formula is C15H13Cl2NO3. The minimum Gasteiger partial charge on any atom is -0.495 e. The van der Waals surface area contributed by atoms with Gasteiger partial charge in [-0.05, 0) is 36.4 Å². The first-order valence-electron chi connectivity index (χ1n) is 6.03. The molecule has 0 aromatic heterocycles. The van der Waals surface area contributed by atoms with Crippen molar-refractivity contribution in [2.45, 2.75) is 0 Å². The number of halogens is 2. The van der Waals surface area contributed by atoms with Crippen molar-refractivity contribution < 1.29 is 14.3 Å². The zero-order valence-electron chi connectivity index (χ0n) is 11.4. The molecule has 21 heavy (non-hydrogen) atoms. The number of nitrogens with one attached hydrogen (secondary N) is 1. The van der Waals surface area contributed by atoms with E-state index in [2.05, 4.69) is 5.32 Å². The number of hydrogen-bond acceptors (Lipinski definition) is 3.